The smallest absolute Gasteiger partial charge is 0.281 e. The second-order valence-electron chi connectivity index (χ2n) is 7.83. The number of carbonyl (C=O) groups excluding carboxylic acids is 1. The molecule has 4 aromatic carbocycles. The van der Waals surface area contributed by atoms with Crippen LogP contribution >= 0.6 is 22.9 Å². The van der Waals surface area contributed by atoms with Gasteiger partial charge in [-0.2, -0.15) is 4.99 Å². The molecule has 5 heteroatoms. The molecule has 0 saturated heterocycles. The molecule has 0 aliphatic rings. The molecule has 0 bridgehead atoms. The van der Waals surface area contributed by atoms with Crippen LogP contribution in [0, 0.1) is 0 Å². The second-order valence-corrected chi connectivity index (χ2v) is 9.21. The normalized spacial score (nSPS) is 11.5. The van der Waals surface area contributed by atoms with Gasteiger partial charge in [0.15, 0.2) is 4.80 Å². The molecule has 0 unspecified atom stereocenters. The van der Waals surface area contributed by atoms with Gasteiger partial charge in [0.25, 0.3) is 5.91 Å². The van der Waals surface area contributed by atoms with Gasteiger partial charge >= 0.3 is 0 Å². The highest BCUT2D eigenvalue weighted by Crippen LogP contribution is 2.35. The topological polar surface area (TPSA) is 34.4 Å². The van der Waals surface area contributed by atoms with Crippen LogP contribution in [-0.4, -0.2) is 10.5 Å². The quantitative estimate of drug-likeness (QED) is 0.262. The summed E-state index contributed by atoms with van der Waals surface area (Å²) in [5, 5.41) is 0.399. The third-order valence-corrected chi connectivity index (χ3v) is 7.14. The van der Waals surface area contributed by atoms with E-state index in [0.29, 0.717) is 15.4 Å². The lowest BCUT2D eigenvalue weighted by atomic mass is 10.0. The van der Waals surface area contributed by atoms with Crippen LogP contribution in [0.4, 0.5) is 0 Å². The minimum Gasteiger partial charge on any atom is -0.319 e. The van der Waals surface area contributed by atoms with Crippen molar-refractivity contribution in [3.05, 3.63) is 125 Å². The molecule has 0 aliphatic carbocycles. The highest BCUT2D eigenvalue weighted by molar-refractivity contribution is 7.13. The summed E-state index contributed by atoms with van der Waals surface area (Å²) < 4.78 is 1.99. The summed E-state index contributed by atoms with van der Waals surface area (Å²) in [5.41, 5.74) is 5.88. The zero-order chi connectivity index (χ0) is 23.5. The average Bonchev–Trinajstić information content (AvgIpc) is 3.21. The summed E-state index contributed by atoms with van der Waals surface area (Å²) in [4.78, 5) is 19.0. The van der Waals surface area contributed by atoms with E-state index in [0.717, 1.165) is 27.3 Å². The Balaban J connectivity index is 1.64. The van der Waals surface area contributed by atoms with Crippen LogP contribution in [0.15, 0.2) is 114 Å². The number of amides is 1. The molecular formula is C29H21ClN2OS. The third kappa shape index (κ3) is 4.38. The van der Waals surface area contributed by atoms with Crippen LogP contribution in [0.25, 0.3) is 32.8 Å². The molecule has 166 valence electrons. The Kier molecular flexibility index (Phi) is 6.26. The van der Waals surface area contributed by atoms with Crippen molar-refractivity contribution in [2.75, 3.05) is 0 Å². The molecule has 0 spiro atoms. The lowest BCUT2D eigenvalue weighted by molar-refractivity contribution is 0.0998. The summed E-state index contributed by atoms with van der Waals surface area (Å²) in [6.45, 7) is 0. The van der Waals surface area contributed by atoms with Gasteiger partial charge in [-0.05, 0) is 34.4 Å². The maximum absolute atomic E-state index is 12.9. The number of nitrogens with zero attached hydrogens (tertiary/aromatic N) is 2. The average molecular weight is 481 g/mol. The van der Waals surface area contributed by atoms with Gasteiger partial charge in [-0.15, -0.1) is 0 Å². The van der Waals surface area contributed by atoms with Crippen LogP contribution in [0.5, 0.6) is 0 Å². The summed E-state index contributed by atoms with van der Waals surface area (Å²) in [6.07, 6.45) is 0. The van der Waals surface area contributed by atoms with Crippen molar-refractivity contribution in [1.29, 1.82) is 0 Å². The number of benzene rings is 4. The molecule has 0 atom stereocenters. The van der Waals surface area contributed by atoms with Crippen LogP contribution in [0.2, 0.25) is 5.02 Å². The van der Waals surface area contributed by atoms with Gasteiger partial charge < -0.3 is 4.57 Å². The Morgan fingerprint density at radius 2 is 1.24 bits per heavy atom. The number of rotatable bonds is 4. The molecule has 3 nitrogen and oxygen atoms in total. The van der Waals surface area contributed by atoms with E-state index < -0.39 is 0 Å². The van der Waals surface area contributed by atoms with Gasteiger partial charge in [-0.25, -0.2) is 0 Å². The number of carbonyl (C=O) groups is 1. The predicted octanol–water partition coefficient (Wildman–Crippen LogP) is 7.48. The first kappa shape index (κ1) is 22.1. The third-order valence-electron chi connectivity index (χ3n) is 5.63. The van der Waals surface area contributed by atoms with Crippen LogP contribution < -0.4 is 4.80 Å². The number of halogens is 1. The first-order valence-corrected chi connectivity index (χ1v) is 12.1. The van der Waals surface area contributed by atoms with E-state index in [9.17, 15) is 4.79 Å². The molecule has 1 aromatic heterocycles. The van der Waals surface area contributed by atoms with Gasteiger partial charge in [0.05, 0.1) is 21.2 Å². The Bertz CT molecular complexity index is 1520. The van der Waals surface area contributed by atoms with Crippen LogP contribution in [0.1, 0.15) is 10.4 Å². The fourth-order valence-electron chi connectivity index (χ4n) is 3.90. The first-order valence-electron chi connectivity index (χ1n) is 10.9. The summed E-state index contributed by atoms with van der Waals surface area (Å²) in [5.74, 6) is -0.354. The maximum Gasteiger partial charge on any atom is 0.281 e. The van der Waals surface area contributed by atoms with E-state index in [-0.39, 0.29) is 5.91 Å². The molecule has 1 heterocycles. The van der Waals surface area contributed by atoms with Crippen molar-refractivity contribution < 1.29 is 4.79 Å². The van der Waals surface area contributed by atoms with Crippen molar-refractivity contribution in [2.24, 2.45) is 12.0 Å². The van der Waals surface area contributed by atoms with Gasteiger partial charge in [-0.1, -0.05) is 120 Å². The van der Waals surface area contributed by atoms with Crippen molar-refractivity contribution in [1.82, 2.24) is 4.57 Å². The zero-order valence-electron chi connectivity index (χ0n) is 18.5. The monoisotopic (exact) mass is 480 g/mol. The van der Waals surface area contributed by atoms with Gasteiger partial charge in [-0.3, -0.25) is 4.79 Å². The van der Waals surface area contributed by atoms with Crippen LogP contribution in [-0.2, 0) is 7.05 Å². The summed E-state index contributed by atoms with van der Waals surface area (Å²) in [7, 11) is 1.95. The van der Waals surface area contributed by atoms with Crippen LogP contribution in [0.3, 0.4) is 0 Å². The van der Waals surface area contributed by atoms with Crippen molar-refractivity contribution in [3.8, 4) is 32.8 Å². The highest BCUT2D eigenvalue weighted by Gasteiger charge is 2.17. The maximum atomic E-state index is 12.9. The van der Waals surface area contributed by atoms with Crippen molar-refractivity contribution in [2.45, 2.75) is 0 Å². The Labute approximate surface area is 207 Å². The second kappa shape index (κ2) is 9.64. The van der Waals surface area contributed by atoms with Crippen molar-refractivity contribution >= 4 is 28.8 Å². The molecule has 0 N–H and O–H groups in total. The Morgan fingerprint density at radius 1 is 0.706 bits per heavy atom. The van der Waals surface area contributed by atoms with E-state index in [1.807, 2.05) is 48.0 Å². The SMILES string of the molecule is Cn1c(-c2ccc(-c3ccccc3)cc2)c(-c2ccccc2)sc1=NC(=O)c1ccccc1Cl. The van der Waals surface area contributed by atoms with Gasteiger partial charge in [0, 0.05) is 7.05 Å². The lowest BCUT2D eigenvalue weighted by Crippen LogP contribution is -2.14. The Hall–Kier alpha value is -3.73. The fraction of sp³-hybridized carbons (Fsp3) is 0.0345. The van der Waals surface area contributed by atoms with Crippen molar-refractivity contribution in [3.63, 3.8) is 0 Å². The molecule has 0 fully saturated rings. The fourth-order valence-corrected chi connectivity index (χ4v) is 5.26. The van der Waals surface area contributed by atoms with E-state index in [1.165, 1.54) is 16.9 Å². The van der Waals surface area contributed by atoms with E-state index in [1.54, 1.807) is 24.3 Å². The molecule has 5 aromatic rings. The largest absolute Gasteiger partial charge is 0.319 e. The molecule has 0 radical (unpaired) electrons. The molecule has 1 amide bonds. The lowest BCUT2D eigenvalue weighted by Gasteiger charge is -2.09. The molecule has 5 rings (SSSR count). The summed E-state index contributed by atoms with van der Waals surface area (Å²) in [6, 6.07) is 36.0. The van der Waals surface area contributed by atoms with E-state index >= 15 is 0 Å². The summed E-state index contributed by atoms with van der Waals surface area (Å²) >= 11 is 7.73. The first-order chi connectivity index (χ1) is 16.6. The van der Waals surface area contributed by atoms with E-state index in [4.69, 9.17) is 11.6 Å². The van der Waals surface area contributed by atoms with Gasteiger partial charge in [0.1, 0.15) is 0 Å². The van der Waals surface area contributed by atoms with E-state index in [2.05, 4.69) is 53.5 Å². The minimum absolute atomic E-state index is 0.354. The predicted molar refractivity (Wildman–Crippen MR) is 141 cm³/mol. The number of hydrogen-bond acceptors (Lipinski definition) is 2. The zero-order valence-corrected chi connectivity index (χ0v) is 20.1. The highest BCUT2D eigenvalue weighted by atomic mass is 35.5. The molecule has 0 aliphatic heterocycles. The molecular weight excluding hydrogens is 460 g/mol. The molecule has 0 saturated carbocycles. The standard InChI is InChI=1S/C29H21ClN2OS/c1-32-26(22-18-16-21(17-19-22)20-10-4-2-5-11-20)27(23-12-6-3-7-13-23)34-29(32)31-28(33)24-14-8-9-15-25(24)30/h2-19H,1H3. The number of hydrogen-bond donors (Lipinski definition) is 0. The number of thiazole rings is 1. The Morgan fingerprint density at radius 3 is 1.88 bits per heavy atom. The number of aromatic nitrogens is 1. The van der Waals surface area contributed by atoms with Gasteiger partial charge in [0.2, 0.25) is 0 Å². The molecule has 34 heavy (non-hydrogen) atoms. The minimum atomic E-state index is -0.354.